The summed E-state index contributed by atoms with van der Waals surface area (Å²) in [6, 6.07) is 0. The van der Waals surface area contributed by atoms with Crippen molar-refractivity contribution in [1.29, 1.82) is 0 Å². The second-order valence-electron chi connectivity index (χ2n) is 2.92. The molecule has 1 rings (SSSR count). The third-order valence-corrected chi connectivity index (χ3v) is 1.87. The Bertz CT molecular complexity index is 516. The second-order valence-corrected chi connectivity index (χ2v) is 2.92. The van der Waals surface area contributed by atoms with Crippen LogP contribution in [0.25, 0.3) is 0 Å². The first-order chi connectivity index (χ1) is 7.47. The number of ether oxygens (including phenoxy) is 1. The maximum atomic E-state index is 11.3. The summed E-state index contributed by atoms with van der Waals surface area (Å²) in [7, 11) is 1.37. The van der Waals surface area contributed by atoms with Crippen LogP contribution in [0.4, 0.5) is 16.3 Å². The van der Waals surface area contributed by atoms with Crippen molar-refractivity contribution >= 4 is 17.6 Å². The Kier molecular flexibility index (Phi) is 3.33. The highest BCUT2D eigenvalue weighted by atomic mass is 16.5. The number of carbonyl (C=O) groups is 1. The molecule has 0 fully saturated rings. The van der Waals surface area contributed by atoms with Crippen molar-refractivity contribution in [3.05, 3.63) is 20.8 Å². The van der Waals surface area contributed by atoms with Crippen LogP contribution in [0.5, 0.6) is 0 Å². The molecule has 1 aromatic heterocycles. The molecule has 0 atom stereocenters. The van der Waals surface area contributed by atoms with Gasteiger partial charge in [-0.15, -0.1) is 0 Å². The number of nitrogens with zero attached hydrogens (tertiary/aromatic N) is 1. The number of nitrogens with one attached hydrogen (secondary N) is 2. The van der Waals surface area contributed by atoms with Gasteiger partial charge in [0.2, 0.25) is 0 Å². The molecule has 0 aliphatic heterocycles. The standard InChI is InChI=1S/C8H12N4O4/c1-3-16-8(15)10-4-5(9)12(2)7(14)11-6(4)13/h3,9H2,1-2H3,(H,10,15)(H,11,13,14). The van der Waals surface area contributed by atoms with Gasteiger partial charge in [-0.1, -0.05) is 0 Å². The SMILES string of the molecule is CCOC(=O)Nc1c(N)n(C)c(=O)[nH]c1=O. The van der Waals surface area contributed by atoms with Gasteiger partial charge in [0, 0.05) is 7.05 Å². The summed E-state index contributed by atoms with van der Waals surface area (Å²) in [5.74, 6) is -0.137. The monoisotopic (exact) mass is 228 g/mol. The predicted octanol–water partition coefficient (Wildman–Crippen LogP) is -0.776. The molecule has 1 aromatic rings. The third kappa shape index (κ3) is 2.22. The van der Waals surface area contributed by atoms with Gasteiger partial charge in [0.25, 0.3) is 5.56 Å². The summed E-state index contributed by atoms with van der Waals surface area (Å²) in [5, 5.41) is 2.16. The van der Waals surface area contributed by atoms with E-state index in [1.165, 1.54) is 7.05 Å². The summed E-state index contributed by atoms with van der Waals surface area (Å²) in [5.41, 5.74) is 3.87. The van der Waals surface area contributed by atoms with Gasteiger partial charge in [-0.3, -0.25) is 19.7 Å². The van der Waals surface area contributed by atoms with Crippen LogP contribution in [0, 0.1) is 0 Å². The van der Waals surface area contributed by atoms with E-state index < -0.39 is 17.3 Å². The molecular weight excluding hydrogens is 216 g/mol. The van der Waals surface area contributed by atoms with Crippen LogP contribution in [0.15, 0.2) is 9.59 Å². The van der Waals surface area contributed by atoms with Crippen molar-refractivity contribution < 1.29 is 9.53 Å². The minimum Gasteiger partial charge on any atom is -0.450 e. The molecular formula is C8H12N4O4. The summed E-state index contributed by atoms with van der Waals surface area (Å²) >= 11 is 0. The minimum atomic E-state index is -0.807. The zero-order valence-electron chi connectivity index (χ0n) is 8.86. The summed E-state index contributed by atoms with van der Waals surface area (Å²) < 4.78 is 5.58. The van der Waals surface area contributed by atoms with E-state index in [1.807, 2.05) is 4.98 Å². The van der Waals surface area contributed by atoms with Crippen LogP contribution < -0.4 is 22.3 Å². The molecule has 1 amide bonds. The quantitative estimate of drug-likeness (QED) is 0.613. The second kappa shape index (κ2) is 4.51. The topological polar surface area (TPSA) is 119 Å². The molecule has 0 aliphatic carbocycles. The molecule has 0 unspecified atom stereocenters. The first-order valence-electron chi connectivity index (χ1n) is 4.50. The fourth-order valence-corrected chi connectivity index (χ4v) is 1.03. The Morgan fingerprint density at radius 2 is 2.19 bits per heavy atom. The molecule has 1 heterocycles. The van der Waals surface area contributed by atoms with E-state index in [1.54, 1.807) is 6.92 Å². The van der Waals surface area contributed by atoms with E-state index in [2.05, 4.69) is 10.1 Å². The van der Waals surface area contributed by atoms with Crippen LogP contribution in [0.1, 0.15) is 6.92 Å². The average molecular weight is 228 g/mol. The van der Waals surface area contributed by atoms with Crippen molar-refractivity contribution in [1.82, 2.24) is 9.55 Å². The number of hydrogen-bond acceptors (Lipinski definition) is 5. The van der Waals surface area contributed by atoms with Crippen LogP contribution in [0.2, 0.25) is 0 Å². The van der Waals surface area contributed by atoms with Crippen molar-refractivity contribution in [3.63, 3.8) is 0 Å². The predicted molar refractivity (Wildman–Crippen MR) is 57.4 cm³/mol. The Morgan fingerprint density at radius 1 is 1.56 bits per heavy atom. The number of nitrogen functional groups attached to an aromatic ring is 1. The lowest BCUT2D eigenvalue weighted by atomic mass is 10.4. The molecule has 0 bridgehead atoms. The van der Waals surface area contributed by atoms with Crippen molar-refractivity contribution in [2.45, 2.75) is 6.92 Å². The zero-order chi connectivity index (χ0) is 12.3. The summed E-state index contributed by atoms with van der Waals surface area (Å²) in [4.78, 5) is 35.5. The molecule has 0 saturated heterocycles. The highest BCUT2D eigenvalue weighted by Crippen LogP contribution is 2.08. The number of aromatic amines is 1. The largest absolute Gasteiger partial charge is 0.450 e. The molecule has 0 spiro atoms. The van der Waals surface area contributed by atoms with Crippen LogP contribution in [-0.2, 0) is 11.8 Å². The zero-order valence-corrected chi connectivity index (χ0v) is 8.86. The Labute approximate surface area is 90.0 Å². The Balaban J connectivity index is 3.15. The normalized spacial score (nSPS) is 9.88. The minimum absolute atomic E-state index is 0.137. The lowest BCUT2D eigenvalue weighted by Crippen LogP contribution is -2.33. The molecule has 4 N–H and O–H groups in total. The van der Waals surface area contributed by atoms with Gasteiger partial charge < -0.3 is 10.5 Å². The lowest BCUT2D eigenvalue weighted by molar-refractivity contribution is 0.168. The molecule has 8 heteroatoms. The first-order valence-corrected chi connectivity index (χ1v) is 4.50. The van der Waals surface area contributed by atoms with E-state index in [4.69, 9.17) is 5.73 Å². The van der Waals surface area contributed by atoms with Gasteiger partial charge in [0.1, 0.15) is 5.82 Å². The number of rotatable bonds is 2. The fraction of sp³-hybridized carbons (Fsp3) is 0.375. The molecule has 0 aliphatic rings. The molecule has 0 radical (unpaired) electrons. The van der Waals surface area contributed by atoms with Crippen molar-refractivity contribution in [2.75, 3.05) is 17.7 Å². The van der Waals surface area contributed by atoms with Crippen molar-refractivity contribution in [2.24, 2.45) is 7.05 Å². The van der Waals surface area contributed by atoms with E-state index in [0.29, 0.717) is 0 Å². The average Bonchev–Trinajstić information content (AvgIpc) is 2.22. The van der Waals surface area contributed by atoms with E-state index >= 15 is 0 Å². The summed E-state index contributed by atoms with van der Waals surface area (Å²) in [6.07, 6.45) is -0.807. The molecule has 16 heavy (non-hydrogen) atoms. The number of anilines is 2. The number of aromatic nitrogens is 2. The van der Waals surface area contributed by atoms with Gasteiger partial charge in [-0.25, -0.2) is 9.59 Å². The van der Waals surface area contributed by atoms with Crippen LogP contribution in [0.3, 0.4) is 0 Å². The highest BCUT2D eigenvalue weighted by Gasteiger charge is 2.13. The van der Waals surface area contributed by atoms with Crippen molar-refractivity contribution in [3.8, 4) is 0 Å². The number of nitrogens with two attached hydrogens (primary N) is 1. The van der Waals surface area contributed by atoms with Gasteiger partial charge in [-0.2, -0.15) is 0 Å². The fourth-order valence-electron chi connectivity index (χ4n) is 1.03. The van der Waals surface area contributed by atoms with E-state index in [9.17, 15) is 14.4 Å². The van der Waals surface area contributed by atoms with Gasteiger partial charge in [0.05, 0.1) is 6.61 Å². The smallest absolute Gasteiger partial charge is 0.411 e. The van der Waals surface area contributed by atoms with E-state index in [0.717, 1.165) is 4.57 Å². The highest BCUT2D eigenvalue weighted by molar-refractivity contribution is 5.87. The lowest BCUT2D eigenvalue weighted by Gasteiger charge is -2.09. The van der Waals surface area contributed by atoms with Gasteiger partial charge in [0.15, 0.2) is 5.69 Å². The molecule has 0 aromatic carbocycles. The van der Waals surface area contributed by atoms with E-state index in [-0.39, 0.29) is 18.1 Å². The third-order valence-electron chi connectivity index (χ3n) is 1.87. The maximum Gasteiger partial charge on any atom is 0.411 e. The van der Waals surface area contributed by atoms with Crippen LogP contribution in [-0.4, -0.2) is 22.3 Å². The molecule has 0 saturated carbocycles. The maximum absolute atomic E-state index is 11.3. The van der Waals surface area contributed by atoms with Gasteiger partial charge >= 0.3 is 11.8 Å². The number of hydrogen-bond donors (Lipinski definition) is 3. The number of carbonyl (C=O) groups excluding carboxylic acids is 1. The molecule has 88 valence electrons. The summed E-state index contributed by atoms with van der Waals surface area (Å²) in [6.45, 7) is 1.78. The Hall–Kier alpha value is -2.25. The number of H-pyrrole nitrogens is 1. The van der Waals surface area contributed by atoms with Crippen LogP contribution >= 0.6 is 0 Å². The Morgan fingerprint density at radius 3 is 2.75 bits per heavy atom. The van der Waals surface area contributed by atoms with Gasteiger partial charge in [-0.05, 0) is 6.92 Å². The molecule has 8 nitrogen and oxygen atoms in total. The first kappa shape index (κ1) is 11.8. The number of amides is 1.